The molecule has 0 fully saturated rings. The molecule has 0 aromatic heterocycles. The predicted octanol–water partition coefficient (Wildman–Crippen LogP) is 3.19. The lowest BCUT2D eigenvalue weighted by Gasteiger charge is -2.09. The minimum atomic E-state index is -0.916. The molecular weight excluding hydrogens is 230 g/mol. The van der Waals surface area contributed by atoms with Crippen LogP contribution in [0.2, 0.25) is 0 Å². The lowest BCUT2D eigenvalue weighted by Crippen LogP contribution is -2.22. The molecule has 94 valence electrons. The predicted molar refractivity (Wildman–Crippen MR) is 63.7 cm³/mol. The molecule has 0 aliphatic heterocycles. The van der Waals surface area contributed by atoms with E-state index < -0.39 is 12.1 Å². The number of carbonyl (C=O) groups is 1. The van der Waals surface area contributed by atoms with Crippen molar-refractivity contribution in [1.82, 2.24) is 0 Å². The van der Waals surface area contributed by atoms with Gasteiger partial charge in [0, 0.05) is 12.9 Å². The van der Waals surface area contributed by atoms with Crippen LogP contribution in [-0.2, 0) is 13.8 Å². The summed E-state index contributed by atoms with van der Waals surface area (Å²) < 4.78 is 4.19. The molecule has 0 rings (SSSR count). The molecule has 5 nitrogen and oxygen atoms in total. The fourth-order valence-corrected chi connectivity index (χ4v) is 1.55. The van der Waals surface area contributed by atoms with Crippen molar-refractivity contribution in [3.05, 3.63) is 4.91 Å². The number of hydrogen-bond donors (Lipinski definition) is 1. The summed E-state index contributed by atoms with van der Waals surface area (Å²) >= 11 is 3.37. The normalized spacial score (nSPS) is 11.9. The fraction of sp³-hybridized carbons (Fsp3) is 0.900. The molecule has 0 bridgehead atoms. The van der Waals surface area contributed by atoms with Crippen molar-refractivity contribution in [2.24, 2.45) is 5.34 Å². The van der Waals surface area contributed by atoms with E-state index in [1.807, 2.05) is 0 Å². The van der Waals surface area contributed by atoms with Crippen LogP contribution in [0.3, 0.4) is 0 Å². The third-order valence-corrected chi connectivity index (χ3v) is 2.52. The van der Waals surface area contributed by atoms with E-state index >= 15 is 0 Å². The van der Waals surface area contributed by atoms with Gasteiger partial charge in [-0.1, -0.05) is 39.0 Å². The molecule has 0 spiro atoms. The molecular formula is C10H19NO4S. The summed E-state index contributed by atoms with van der Waals surface area (Å²) in [6.45, 7) is 2.16. The maximum Gasteiger partial charge on any atom is 0.362 e. The summed E-state index contributed by atoms with van der Waals surface area (Å²) in [5.74, 6) is -0.670. The van der Waals surface area contributed by atoms with Crippen LogP contribution in [0.1, 0.15) is 51.9 Å². The summed E-state index contributed by atoms with van der Waals surface area (Å²) in [4.78, 5) is 25.3. The molecule has 0 aliphatic carbocycles. The van der Waals surface area contributed by atoms with Gasteiger partial charge in [-0.3, -0.25) is 0 Å². The van der Waals surface area contributed by atoms with Crippen molar-refractivity contribution in [2.45, 2.75) is 58.0 Å². The molecule has 1 unspecified atom stereocenters. The highest BCUT2D eigenvalue weighted by Gasteiger charge is 2.21. The zero-order chi connectivity index (χ0) is 12.2. The van der Waals surface area contributed by atoms with Crippen molar-refractivity contribution in [1.29, 1.82) is 0 Å². The summed E-state index contributed by atoms with van der Waals surface area (Å²) in [5, 5.41) is 2.25. The molecule has 6 heteroatoms. The van der Waals surface area contributed by atoms with Crippen molar-refractivity contribution < 1.29 is 13.8 Å². The van der Waals surface area contributed by atoms with E-state index in [2.05, 4.69) is 34.2 Å². The van der Waals surface area contributed by atoms with E-state index in [9.17, 15) is 9.70 Å². The quantitative estimate of drug-likeness (QED) is 0.212. The largest absolute Gasteiger partial charge is 0.392 e. The van der Waals surface area contributed by atoms with Gasteiger partial charge in [0.15, 0.2) is 5.34 Å². The molecule has 0 N–H and O–H groups in total. The highest BCUT2D eigenvalue weighted by molar-refractivity contribution is 7.75. The van der Waals surface area contributed by atoms with Crippen molar-refractivity contribution in [2.75, 3.05) is 0 Å². The van der Waals surface area contributed by atoms with Crippen LogP contribution in [0.5, 0.6) is 0 Å². The molecule has 0 heterocycles. The van der Waals surface area contributed by atoms with Crippen LogP contribution in [0.25, 0.3) is 0 Å². The Balaban J connectivity index is 3.59. The Hall–Kier alpha value is -0.780. The first-order valence-electron chi connectivity index (χ1n) is 5.60. The lowest BCUT2D eigenvalue weighted by atomic mass is 10.1. The summed E-state index contributed by atoms with van der Waals surface area (Å²) in [6, 6.07) is 0. The minimum absolute atomic E-state index is 0.442. The van der Waals surface area contributed by atoms with Crippen LogP contribution in [0.15, 0.2) is 5.34 Å². The van der Waals surface area contributed by atoms with E-state index in [1.54, 1.807) is 0 Å². The second-order valence-electron chi connectivity index (χ2n) is 3.64. The smallest absolute Gasteiger partial charge is 0.362 e. The average Bonchev–Trinajstić information content (AvgIpc) is 2.31. The lowest BCUT2D eigenvalue weighted by molar-refractivity contribution is -0.146. The molecule has 0 saturated carbocycles. The number of nitrogens with zero attached hydrogens (tertiary/aromatic N) is 1. The van der Waals surface area contributed by atoms with Crippen LogP contribution in [0, 0.1) is 4.91 Å². The van der Waals surface area contributed by atoms with Gasteiger partial charge in [0.25, 0.3) is 0 Å². The van der Waals surface area contributed by atoms with Gasteiger partial charge >= 0.3 is 5.97 Å². The first-order chi connectivity index (χ1) is 7.76. The number of unbranched alkanes of at least 4 members (excludes halogenated alkanes) is 5. The van der Waals surface area contributed by atoms with Crippen LogP contribution in [0.4, 0.5) is 0 Å². The Morgan fingerprint density at radius 1 is 1.25 bits per heavy atom. The number of thiol groups is 1. The zero-order valence-corrected chi connectivity index (χ0v) is 10.4. The molecule has 16 heavy (non-hydrogen) atoms. The van der Waals surface area contributed by atoms with Gasteiger partial charge in [-0.2, -0.15) is 0 Å². The van der Waals surface area contributed by atoms with E-state index in [1.165, 1.54) is 19.3 Å². The van der Waals surface area contributed by atoms with Gasteiger partial charge in [0.2, 0.25) is 6.10 Å². The first-order valence-corrected chi connectivity index (χ1v) is 5.96. The fourth-order valence-electron chi connectivity index (χ4n) is 1.43. The molecule has 0 amide bonds. The Bertz CT molecular complexity index is 201. The van der Waals surface area contributed by atoms with E-state index in [0.717, 1.165) is 19.3 Å². The van der Waals surface area contributed by atoms with Crippen LogP contribution in [-0.4, -0.2) is 12.1 Å². The summed E-state index contributed by atoms with van der Waals surface area (Å²) in [7, 11) is 0. The second-order valence-corrected chi connectivity index (χ2v) is 3.82. The minimum Gasteiger partial charge on any atom is -0.392 e. The highest BCUT2D eigenvalue weighted by atomic mass is 32.1. The van der Waals surface area contributed by atoms with E-state index in [0.29, 0.717) is 6.42 Å². The SMILES string of the molecule is CCCCCCCCC(ON=O)C(=O)OS. The van der Waals surface area contributed by atoms with Crippen molar-refractivity contribution >= 4 is 18.9 Å². The maximum atomic E-state index is 11.0. The Morgan fingerprint density at radius 2 is 1.88 bits per heavy atom. The number of carbonyl (C=O) groups excluding carboxylic acids is 1. The number of hydrogen-bond acceptors (Lipinski definition) is 6. The van der Waals surface area contributed by atoms with Gasteiger partial charge in [-0.25, -0.2) is 4.79 Å². The van der Waals surface area contributed by atoms with Gasteiger partial charge < -0.3 is 9.02 Å². The topological polar surface area (TPSA) is 65.0 Å². The summed E-state index contributed by atoms with van der Waals surface area (Å²) in [5.41, 5.74) is 0. The molecule has 0 aliphatic rings. The highest BCUT2D eigenvalue weighted by Crippen LogP contribution is 2.12. The molecule has 0 aromatic rings. The standard InChI is InChI=1S/C10H19NO4S/c1-2-3-4-5-6-7-8-9(14-11-13)10(12)15-16/h9,16H,2-8H2,1H3. The average molecular weight is 249 g/mol. The Labute approximate surface area is 101 Å². The van der Waals surface area contributed by atoms with E-state index in [-0.39, 0.29) is 0 Å². The Kier molecular flexibility index (Phi) is 10.2. The van der Waals surface area contributed by atoms with Gasteiger partial charge in [-0.05, 0) is 12.8 Å². The molecule has 0 saturated heterocycles. The van der Waals surface area contributed by atoms with Crippen LogP contribution < -0.4 is 0 Å². The first kappa shape index (κ1) is 15.2. The Morgan fingerprint density at radius 3 is 2.44 bits per heavy atom. The van der Waals surface area contributed by atoms with Crippen LogP contribution >= 0.6 is 12.9 Å². The van der Waals surface area contributed by atoms with E-state index in [4.69, 9.17) is 0 Å². The molecule has 0 radical (unpaired) electrons. The van der Waals surface area contributed by atoms with Gasteiger partial charge in [-0.15, -0.1) is 4.91 Å². The monoisotopic (exact) mass is 249 g/mol. The van der Waals surface area contributed by atoms with Crippen molar-refractivity contribution in [3.8, 4) is 0 Å². The third-order valence-electron chi connectivity index (χ3n) is 2.34. The summed E-state index contributed by atoms with van der Waals surface area (Å²) in [6.07, 6.45) is 6.11. The van der Waals surface area contributed by atoms with Gasteiger partial charge in [0.05, 0.1) is 0 Å². The second kappa shape index (κ2) is 10.7. The zero-order valence-electron chi connectivity index (χ0n) is 9.55. The maximum absolute atomic E-state index is 11.0. The third kappa shape index (κ3) is 7.50. The van der Waals surface area contributed by atoms with Crippen molar-refractivity contribution in [3.63, 3.8) is 0 Å². The molecule has 0 aromatic carbocycles. The number of rotatable bonds is 10. The molecule has 1 atom stereocenters. The van der Waals surface area contributed by atoms with Gasteiger partial charge in [0.1, 0.15) is 0 Å².